The van der Waals surface area contributed by atoms with Crippen LogP contribution in [0.25, 0.3) is 0 Å². The molecule has 0 amide bonds. The van der Waals surface area contributed by atoms with E-state index in [-0.39, 0.29) is 11.3 Å². The summed E-state index contributed by atoms with van der Waals surface area (Å²) < 4.78 is 0. The Labute approximate surface area is 111 Å². The van der Waals surface area contributed by atoms with Crippen LogP contribution in [0.2, 0.25) is 0 Å². The normalized spacial score (nSPS) is 23.2. The molecule has 18 heavy (non-hydrogen) atoms. The fraction of sp³-hybridized carbons (Fsp3) is 0.929. The standard InChI is InChI=1S/C14H28N2O2/c1-11(13(17)18)5-7-15-10-14(2,3)12-6-8-16(4)9-12/h11-12,15H,5-10H2,1-4H3,(H,17,18). The SMILES string of the molecule is CC(CCNCC(C)(C)C1CCN(C)C1)C(=O)O. The van der Waals surface area contributed by atoms with Crippen LogP contribution >= 0.6 is 0 Å². The molecule has 2 N–H and O–H groups in total. The minimum absolute atomic E-state index is 0.252. The summed E-state index contributed by atoms with van der Waals surface area (Å²) >= 11 is 0. The molecule has 1 heterocycles. The highest BCUT2D eigenvalue weighted by molar-refractivity contribution is 5.69. The predicted octanol–water partition coefficient (Wildman–Crippen LogP) is 1.66. The molecule has 4 nitrogen and oxygen atoms in total. The number of likely N-dealkylation sites (tertiary alicyclic amines) is 1. The van der Waals surface area contributed by atoms with E-state index in [1.807, 2.05) is 0 Å². The van der Waals surface area contributed by atoms with Gasteiger partial charge in [0, 0.05) is 13.1 Å². The molecule has 2 atom stereocenters. The molecule has 2 unspecified atom stereocenters. The fourth-order valence-corrected chi connectivity index (χ4v) is 2.57. The van der Waals surface area contributed by atoms with Gasteiger partial charge in [-0.25, -0.2) is 0 Å². The second-order valence-electron chi connectivity index (χ2n) is 6.44. The van der Waals surface area contributed by atoms with Gasteiger partial charge in [0.1, 0.15) is 0 Å². The largest absolute Gasteiger partial charge is 0.481 e. The molecule has 0 radical (unpaired) electrons. The van der Waals surface area contributed by atoms with Crippen LogP contribution in [0.3, 0.4) is 0 Å². The molecule has 0 aromatic rings. The maximum Gasteiger partial charge on any atom is 0.306 e. The number of hydrogen-bond donors (Lipinski definition) is 2. The minimum atomic E-state index is -0.700. The van der Waals surface area contributed by atoms with Gasteiger partial charge in [-0.05, 0) is 44.3 Å². The van der Waals surface area contributed by atoms with Crippen LogP contribution < -0.4 is 5.32 Å². The zero-order valence-corrected chi connectivity index (χ0v) is 12.2. The molecule has 1 rings (SSSR count). The van der Waals surface area contributed by atoms with Gasteiger partial charge >= 0.3 is 5.97 Å². The molecule has 0 bridgehead atoms. The lowest BCUT2D eigenvalue weighted by Gasteiger charge is -2.32. The molecule has 4 heteroatoms. The van der Waals surface area contributed by atoms with Crippen LogP contribution in [-0.4, -0.2) is 49.2 Å². The monoisotopic (exact) mass is 256 g/mol. The summed E-state index contributed by atoms with van der Waals surface area (Å²) in [6.07, 6.45) is 1.98. The summed E-state index contributed by atoms with van der Waals surface area (Å²) in [5.74, 6) is -0.210. The third kappa shape index (κ3) is 4.58. The van der Waals surface area contributed by atoms with Gasteiger partial charge in [-0.3, -0.25) is 4.79 Å². The summed E-state index contributed by atoms with van der Waals surface area (Å²) in [5, 5.41) is 12.2. The molecule has 1 aliphatic heterocycles. The quantitative estimate of drug-likeness (QED) is 0.680. The van der Waals surface area contributed by atoms with E-state index in [0.717, 1.165) is 19.0 Å². The van der Waals surface area contributed by atoms with Crippen LogP contribution in [0, 0.1) is 17.3 Å². The van der Waals surface area contributed by atoms with Crippen molar-refractivity contribution in [1.29, 1.82) is 0 Å². The second-order valence-corrected chi connectivity index (χ2v) is 6.44. The molecular weight excluding hydrogens is 228 g/mol. The van der Waals surface area contributed by atoms with Crippen LogP contribution in [0.4, 0.5) is 0 Å². The fourth-order valence-electron chi connectivity index (χ4n) is 2.57. The van der Waals surface area contributed by atoms with Crippen molar-refractivity contribution >= 4 is 5.97 Å². The third-order valence-corrected chi connectivity index (χ3v) is 4.25. The number of rotatable bonds is 7. The van der Waals surface area contributed by atoms with Gasteiger partial charge in [0.2, 0.25) is 0 Å². The maximum absolute atomic E-state index is 10.7. The molecule has 106 valence electrons. The van der Waals surface area contributed by atoms with Crippen molar-refractivity contribution in [3.8, 4) is 0 Å². The van der Waals surface area contributed by atoms with E-state index in [9.17, 15) is 4.79 Å². The topological polar surface area (TPSA) is 52.6 Å². The zero-order chi connectivity index (χ0) is 13.8. The molecule has 0 saturated carbocycles. The van der Waals surface area contributed by atoms with Gasteiger partial charge in [-0.1, -0.05) is 20.8 Å². The van der Waals surface area contributed by atoms with Crippen molar-refractivity contribution < 1.29 is 9.90 Å². The Bertz CT molecular complexity index is 279. The lowest BCUT2D eigenvalue weighted by Crippen LogP contribution is -2.37. The Balaban J connectivity index is 2.23. The molecule has 0 aromatic heterocycles. The number of carbonyl (C=O) groups is 1. The Morgan fingerprint density at radius 2 is 2.22 bits per heavy atom. The van der Waals surface area contributed by atoms with E-state index in [4.69, 9.17) is 5.11 Å². The molecule has 0 aliphatic carbocycles. The molecule has 1 fully saturated rings. The van der Waals surface area contributed by atoms with E-state index < -0.39 is 5.97 Å². The summed E-state index contributed by atoms with van der Waals surface area (Å²) in [6, 6.07) is 0. The van der Waals surface area contributed by atoms with E-state index in [0.29, 0.717) is 6.42 Å². The first-order valence-electron chi connectivity index (χ1n) is 6.95. The number of aliphatic carboxylic acids is 1. The van der Waals surface area contributed by atoms with Crippen molar-refractivity contribution in [2.75, 3.05) is 33.2 Å². The third-order valence-electron chi connectivity index (χ3n) is 4.25. The second kappa shape index (κ2) is 6.53. The van der Waals surface area contributed by atoms with Crippen molar-refractivity contribution in [3.05, 3.63) is 0 Å². The van der Waals surface area contributed by atoms with Crippen molar-refractivity contribution in [2.45, 2.75) is 33.6 Å². The van der Waals surface area contributed by atoms with Gasteiger partial charge < -0.3 is 15.3 Å². The minimum Gasteiger partial charge on any atom is -0.481 e. The van der Waals surface area contributed by atoms with Gasteiger partial charge in [-0.15, -0.1) is 0 Å². The highest BCUT2D eigenvalue weighted by atomic mass is 16.4. The highest BCUT2D eigenvalue weighted by Crippen LogP contribution is 2.33. The van der Waals surface area contributed by atoms with E-state index in [1.165, 1.54) is 19.5 Å². The molecule has 0 spiro atoms. The zero-order valence-electron chi connectivity index (χ0n) is 12.2. The average molecular weight is 256 g/mol. The lowest BCUT2D eigenvalue weighted by molar-refractivity contribution is -0.141. The number of nitrogens with zero attached hydrogens (tertiary/aromatic N) is 1. The smallest absolute Gasteiger partial charge is 0.306 e. The number of carboxylic acids is 1. The van der Waals surface area contributed by atoms with Crippen LogP contribution in [0.15, 0.2) is 0 Å². The molecule has 1 saturated heterocycles. The summed E-state index contributed by atoms with van der Waals surface area (Å²) in [6.45, 7) is 10.5. The van der Waals surface area contributed by atoms with Gasteiger partial charge in [0.15, 0.2) is 0 Å². The first-order chi connectivity index (χ1) is 8.33. The molecular formula is C14H28N2O2. The number of nitrogens with one attached hydrogen (secondary N) is 1. The Hall–Kier alpha value is -0.610. The van der Waals surface area contributed by atoms with Gasteiger partial charge in [-0.2, -0.15) is 0 Å². The van der Waals surface area contributed by atoms with Crippen LogP contribution in [-0.2, 0) is 4.79 Å². The number of carboxylic acid groups (broad SMARTS) is 1. The van der Waals surface area contributed by atoms with Crippen molar-refractivity contribution in [3.63, 3.8) is 0 Å². The maximum atomic E-state index is 10.7. The van der Waals surface area contributed by atoms with E-state index >= 15 is 0 Å². The Morgan fingerprint density at radius 1 is 1.56 bits per heavy atom. The van der Waals surface area contributed by atoms with Crippen molar-refractivity contribution in [2.24, 2.45) is 17.3 Å². The first kappa shape index (κ1) is 15.4. The van der Waals surface area contributed by atoms with Crippen LogP contribution in [0.5, 0.6) is 0 Å². The Kier molecular flexibility index (Phi) is 5.60. The van der Waals surface area contributed by atoms with E-state index in [1.54, 1.807) is 6.92 Å². The molecule has 0 aromatic carbocycles. The summed E-state index contributed by atoms with van der Waals surface area (Å²) in [5.41, 5.74) is 0.289. The number of hydrogen-bond acceptors (Lipinski definition) is 3. The average Bonchev–Trinajstić information content (AvgIpc) is 2.71. The van der Waals surface area contributed by atoms with Gasteiger partial charge in [0.05, 0.1) is 5.92 Å². The summed E-state index contributed by atoms with van der Waals surface area (Å²) in [4.78, 5) is 13.1. The lowest BCUT2D eigenvalue weighted by atomic mass is 9.78. The van der Waals surface area contributed by atoms with Gasteiger partial charge in [0.25, 0.3) is 0 Å². The predicted molar refractivity (Wildman–Crippen MR) is 73.7 cm³/mol. The van der Waals surface area contributed by atoms with E-state index in [2.05, 4.69) is 31.1 Å². The Morgan fingerprint density at radius 3 is 2.72 bits per heavy atom. The van der Waals surface area contributed by atoms with Crippen LogP contribution in [0.1, 0.15) is 33.6 Å². The highest BCUT2D eigenvalue weighted by Gasteiger charge is 2.33. The van der Waals surface area contributed by atoms with Crippen molar-refractivity contribution in [1.82, 2.24) is 10.2 Å². The molecule has 1 aliphatic rings. The summed E-state index contributed by atoms with van der Waals surface area (Å²) in [7, 11) is 2.18. The first-order valence-corrected chi connectivity index (χ1v) is 6.95.